The average molecular weight is 614 g/mol. The Labute approximate surface area is 254 Å². The van der Waals surface area contributed by atoms with E-state index in [1.807, 2.05) is 23.7 Å². The molecular weight excluding hydrogens is 557 g/mol. The zero-order valence-corrected chi connectivity index (χ0v) is 27.4. The SMILES string of the molecule is CCCCCCCCCCCCCCCCCCOCC(COP(=O)(O)Oc1ccccc1CN1C=CSC1)OC. The van der Waals surface area contributed by atoms with Gasteiger partial charge in [0.2, 0.25) is 0 Å². The predicted molar refractivity (Wildman–Crippen MR) is 171 cm³/mol. The second kappa shape index (κ2) is 23.4. The lowest BCUT2D eigenvalue weighted by atomic mass is 10.0. The fourth-order valence-electron chi connectivity index (χ4n) is 4.83. The average Bonchev–Trinajstić information content (AvgIpc) is 3.48. The smallest absolute Gasteiger partial charge is 0.404 e. The topological polar surface area (TPSA) is 77.5 Å². The molecule has 2 rings (SSSR count). The van der Waals surface area contributed by atoms with Gasteiger partial charge in [0.1, 0.15) is 11.9 Å². The van der Waals surface area contributed by atoms with Gasteiger partial charge in [-0.15, -0.1) is 11.8 Å². The van der Waals surface area contributed by atoms with E-state index in [0.717, 1.165) is 24.3 Å². The van der Waals surface area contributed by atoms with Crippen molar-refractivity contribution in [1.82, 2.24) is 4.90 Å². The molecule has 1 aliphatic heterocycles. The summed E-state index contributed by atoms with van der Waals surface area (Å²) in [6.07, 6.45) is 23.0. The highest BCUT2D eigenvalue weighted by atomic mass is 32.2. The molecule has 0 spiro atoms. The van der Waals surface area contributed by atoms with Crippen molar-refractivity contribution >= 4 is 19.6 Å². The van der Waals surface area contributed by atoms with Gasteiger partial charge in [-0.3, -0.25) is 9.42 Å². The molecule has 1 aromatic rings. The quantitative estimate of drug-likeness (QED) is 0.0777. The lowest BCUT2D eigenvalue weighted by Gasteiger charge is -2.21. The van der Waals surface area contributed by atoms with Gasteiger partial charge in [-0.25, -0.2) is 4.57 Å². The Hall–Kier alpha value is -1.02. The number of methoxy groups -OCH3 is 1. The van der Waals surface area contributed by atoms with Gasteiger partial charge < -0.3 is 18.9 Å². The molecule has 41 heavy (non-hydrogen) atoms. The minimum absolute atomic E-state index is 0.0864. The normalized spacial score (nSPS) is 15.3. The van der Waals surface area contributed by atoms with Crippen LogP contribution in [0.1, 0.15) is 115 Å². The van der Waals surface area contributed by atoms with E-state index in [1.54, 1.807) is 31.0 Å². The zero-order chi connectivity index (χ0) is 29.4. The molecule has 2 unspecified atom stereocenters. The highest BCUT2D eigenvalue weighted by Crippen LogP contribution is 2.45. The van der Waals surface area contributed by atoms with Crippen molar-refractivity contribution in [3.8, 4) is 5.75 Å². The third-order valence-corrected chi connectivity index (χ3v) is 9.07. The number of para-hydroxylation sites is 1. The molecule has 1 N–H and O–H groups in total. The van der Waals surface area contributed by atoms with Crippen molar-refractivity contribution in [1.29, 1.82) is 0 Å². The van der Waals surface area contributed by atoms with E-state index in [9.17, 15) is 9.46 Å². The summed E-state index contributed by atoms with van der Waals surface area (Å²) >= 11 is 1.70. The molecule has 0 saturated heterocycles. The van der Waals surface area contributed by atoms with Crippen LogP contribution in [-0.4, -0.2) is 48.7 Å². The molecule has 0 aliphatic carbocycles. The standard InChI is InChI=1S/C32H56NO6PS/c1-3-4-5-6-7-8-9-10-11-12-13-14-15-16-17-20-24-37-27-31(36-2)28-38-40(34,35)39-32-22-19-18-21-30(32)26-33-23-25-41-29-33/h18-19,21-23,25,31H,3-17,20,24,26-29H2,1-2H3,(H,34,35). The van der Waals surface area contributed by atoms with Gasteiger partial charge in [0.25, 0.3) is 0 Å². The van der Waals surface area contributed by atoms with E-state index in [4.69, 9.17) is 18.5 Å². The molecule has 1 aliphatic rings. The monoisotopic (exact) mass is 613 g/mol. The number of hydrogen-bond donors (Lipinski definition) is 1. The molecule has 0 saturated carbocycles. The molecule has 236 valence electrons. The molecule has 2 atom stereocenters. The minimum atomic E-state index is -4.31. The van der Waals surface area contributed by atoms with E-state index >= 15 is 0 Å². The Kier molecular flexibility index (Phi) is 20.7. The molecular formula is C32H56NO6PS. The molecule has 0 fully saturated rings. The number of phosphoric ester groups is 1. The number of thioether (sulfide) groups is 1. The van der Waals surface area contributed by atoms with Crippen LogP contribution in [0.25, 0.3) is 0 Å². The number of ether oxygens (including phenoxy) is 2. The van der Waals surface area contributed by atoms with Crippen LogP contribution in [0.5, 0.6) is 5.75 Å². The second-order valence-electron chi connectivity index (χ2n) is 11.0. The third-order valence-electron chi connectivity index (χ3n) is 7.37. The fourth-order valence-corrected chi connectivity index (χ4v) is 6.38. The minimum Gasteiger partial charge on any atom is -0.404 e. The Balaban J connectivity index is 1.45. The van der Waals surface area contributed by atoms with Crippen LogP contribution in [0.4, 0.5) is 0 Å². The van der Waals surface area contributed by atoms with Gasteiger partial charge in [-0.1, -0.05) is 121 Å². The molecule has 0 amide bonds. The summed E-state index contributed by atoms with van der Waals surface area (Å²) in [7, 11) is -2.76. The van der Waals surface area contributed by atoms with Crippen LogP contribution in [0.15, 0.2) is 35.9 Å². The molecule has 7 nitrogen and oxygen atoms in total. The number of phosphoric acid groups is 1. The molecule has 0 aromatic heterocycles. The van der Waals surface area contributed by atoms with E-state index in [1.165, 1.54) is 89.9 Å². The van der Waals surface area contributed by atoms with Gasteiger partial charge in [0, 0.05) is 32.0 Å². The summed E-state index contributed by atoms with van der Waals surface area (Å²) in [5.41, 5.74) is 0.822. The Bertz CT molecular complexity index is 857. The largest absolute Gasteiger partial charge is 0.527 e. The molecule has 0 bridgehead atoms. The van der Waals surface area contributed by atoms with Gasteiger partial charge >= 0.3 is 7.82 Å². The molecule has 1 aromatic carbocycles. The molecule has 0 radical (unpaired) electrons. The van der Waals surface area contributed by atoms with Crippen LogP contribution in [0.2, 0.25) is 0 Å². The highest BCUT2D eigenvalue weighted by Gasteiger charge is 2.26. The van der Waals surface area contributed by atoms with Gasteiger partial charge in [0.05, 0.1) is 19.1 Å². The fraction of sp³-hybridized carbons (Fsp3) is 0.750. The summed E-state index contributed by atoms with van der Waals surface area (Å²) in [5, 5.41) is 2.02. The predicted octanol–water partition coefficient (Wildman–Crippen LogP) is 9.45. The maximum Gasteiger partial charge on any atom is 0.527 e. The number of benzene rings is 1. The third kappa shape index (κ3) is 18.3. The maximum atomic E-state index is 12.6. The Morgan fingerprint density at radius 3 is 2.02 bits per heavy atom. The summed E-state index contributed by atoms with van der Waals surface area (Å²) in [5.74, 6) is 1.19. The zero-order valence-electron chi connectivity index (χ0n) is 25.7. The van der Waals surface area contributed by atoms with E-state index in [-0.39, 0.29) is 6.61 Å². The Morgan fingerprint density at radius 2 is 1.46 bits per heavy atom. The lowest BCUT2D eigenvalue weighted by molar-refractivity contribution is -0.0197. The number of unbranched alkanes of at least 4 members (excludes halogenated alkanes) is 15. The summed E-state index contributed by atoms with van der Waals surface area (Å²) < 4.78 is 34.4. The molecule has 1 heterocycles. The summed E-state index contributed by atoms with van der Waals surface area (Å²) in [6.45, 7) is 3.75. The van der Waals surface area contributed by atoms with Crippen LogP contribution in [0, 0.1) is 0 Å². The van der Waals surface area contributed by atoms with Crippen molar-refractivity contribution in [2.75, 3.05) is 32.8 Å². The highest BCUT2D eigenvalue weighted by molar-refractivity contribution is 8.02. The summed E-state index contributed by atoms with van der Waals surface area (Å²) in [6, 6.07) is 7.23. The van der Waals surface area contributed by atoms with Crippen LogP contribution < -0.4 is 4.52 Å². The van der Waals surface area contributed by atoms with Crippen LogP contribution >= 0.6 is 19.6 Å². The maximum absolute atomic E-state index is 12.6. The van der Waals surface area contributed by atoms with Crippen molar-refractivity contribution < 1.29 is 28.0 Å². The number of rotatable bonds is 27. The molecule has 9 heteroatoms. The first-order chi connectivity index (χ1) is 20.0. The van der Waals surface area contributed by atoms with Crippen molar-refractivity contribution in [3.05, 3.63) is 41.4 Å². The van der Waals surface area contributed by atoms with Crippen LogP contribution in [0.3, 0.4) is 0 Å². The van der Waals surface area contributed by atoms with Crippen molar-refractivity contribution in [2.45, 2.75) is 122 Å². The van der Waals surface area contributed by atoms with Crippen molar-refractivity contribution in [3.63, 3.8) is 0 Å². The second-order valence-corrected chi connectivity index (χ2v) is 13.3. The number of nitrogens with zero attached hydrogens (tertiary/aromatic N) is 1. The van der Waals surface area contributed by atoms with Gasteiger partial charge in [-0.05, 0) is 17.9 Å². The van der Waals surface area contributed by atoms with E-state index < -0.39 is 13.9 Å². The van der Waals surface area contributed by atoms with Crippen LogP contribution in [-0.2, 0) is 25.1 Å². The first kappa shape index (κ1) is 36.2. The van der Waals surface area contributed by atoms with Gasteiger partial charge in [0.15, 0.2) is 0 Å². The lowest BCUT2D eigenvalue weighted by Crippen LogP contribution is -2.24. The van der Waals surface area contributed by atoms with Crippen molar-refractivity contribution in [2.24, 2.45) is 0 Å². The number of hydrogen-bond acceptors (Lipinski definition) is 7. The summed E-state index contributed by atoms with van der Waals surface area (Å²) in [4.78, 5) is 12.4. The Morgan fingerprint density at radius 1 is 0.878 bits per heavy atom. The first-order valence-electron chi connectivity index (χ1n) is 15.9. The van der Waals surface area contributed by atoms with E-state index in [0.29, 0.717) is 25.5 Å². The first-order valence-corrected chi connectivity index (χ1v) is 18.5. The van der Waals surface area contributed by atoms with E-state index in [2.05, 4.69) is 11.8 Å². The van der Waals surface area contributed by atoms with Gasteiger partial charge in [-0.2, -0.15) is 0 Å².